The number of carbonyl (C=O) groups excluding carboxylic acids is 1. The molecule has 1 aliphatic rings. The molecule has 1 heteroatoms. The van der Waals surface area contributed by atoms with Crippen LogP contribution in [-0.2, 0) is 4.79 Å². The molecule has 0 bridgehead atoms. The first-order valence-corrected chi connectivity index (χ1v) is 4.45. The first-order valence-electron chi connectivity index (χ1n) is 4.45. The summed E-state index contributed by atoms with van der Waals surface area (Å²) in [5.41, 5.74) is 0. The van der Waals surface area contributed by atoms with Gasteiger partial charge in [0.25, 0.3) is 0 Å². The fourth-order valence-electron chi connectivity index (χ4n) is 1.71. The number of carbonyl (C=O) groups is 1. The molecule has 0 radical (unpaired) electrons. The van der Waals surface area contributed by atoms with E-state index in [0.29, 0.717) is 11.7 Å². The van der Waals surface area contributed by atoms with Gasteiger partial charge < -0.3 is 0 Å². The van der Waals surface area contributed by atoms with Crippen LogP contribution in [0.15, 0.2) is 12.7 Å². The van der Waals surface area contributed by atoms with Crippen molar-refractivity contribution in [1.29, 1.82) is 0 Å². The molecular weight excluding hydrogens is 136 g/mol. The molecule has 0 aromatic rings. The van der Waals surface area contributed by atoms with Gasteiger partial charge in [0.2, 0.25) is 0 Å². The predicted molar refractivity (Wildman–Crippen MR) is 46.4 cm³/mol. The molecule has 62 valence electrons. The summed E-state index contributed by atoms with van der Waals surface area (Å²) in [5, 5.41) is 0. The maximum atomic E-state index is 11.0. The van der Waals surface area contributed by atoms with E-state index in [1.165, 1.54) is 6.42 Å². The van der Waals surface area contributed by atoms with Crippen LogP contribution in [0.4, 0.5) is 0 Å². The minimum Gasteiger partial charge on any atom is -0.300 e. The topological polar surface area (TPSA) is 17.1 Å². The Morgan fingerprint density at radius 2 is 2.45 bits per heavy atom. The molecule has 1 rings (SSSR count). The molecule has 1 aliphatic carbocycles. The van der Waals surface area contributed by atoms with E-state index in [1.54, 1.807) is 0 Å². The highest BCUT2D eigenvalue weighted by Gasteiger charge is 2.17. The molecule has 1 atom stereocenters. The van der Waals surface area contributed by atoms with Gasteiger partial charge >= 0.3 is 0 Å². The summed E-state index contributed by atoms with van der Waals surface area (Å²) in [6.07, 6.45) is 8.19. The molecular formula is C10H16O. The van der Waals surface area contributed by atoms with Crippen molar-refractivity contribution in [2.45, 2.75) is 38.5 Å². The van der Waals surface area contributed by atoms with Gasteiger partial charge in [-0.05, 0) is 31.6 Å². The molecule has 1 fully saturated rings. The summed E-state index contributed by atoms with van der Waals surface area (Å²) in [6, 6.07) is 0. The van der Waals surface area contributed by atoms with E-state index in [-0.39, 0.29) is 0 Å². The number of rotatable bonds is 3. The second-order valence-corrected chi connectivity index (χ2v) is 3.37. The average Bonchev–Trinajstić information content (AvgIpc) is 2.01. The van der Waals surface area contributed by atoms with Crippen LogP contribution in [0.1, 0.15) is 38.5 Å². The maximum Gasteiger partial charge on any atom is 0.133 e. The Balaban J connectivity index is 2.22. The molecule has 1 nitrogen and oxygen atoms in total. The summed E-state index contributed by atoms with van der Waals surface area (Å²) >= 11 is 0. The molecule has 0 amide bonds. The van der Waals surface area contributed by atoms with E-state index in [0.717, 1.165) is 32.1 Å². The van der Waals surface area contributed by atoms with Crippen LogP contribution < -0.4 is 0 Å². The molecule has 0 saturated heterocycles. The van der Waals surface area contributed by atoms with Crippen LogP contribution in [0, 0.1) is 5.92 Å². The van der Waals surface area contributed by atoms with Gasteiger partial charge in [-0.1, -0.05) is 6.08 Å². The monoisotopic (exact) mass is 152 g/mol. The summed E-state index contributed by atoms with van der Waals surface area (Å²) in [6.45, 7) is 3.68. The van der Waals surface area contributed by atoms with Gasteiger partial charge in [-0.15, -0.1) is 6.58 Å². The van der Waals surface area contributed by atoms with E-state index in [9.17, 15) is 4.79 Å². The summed E-state index contributed by atoms with van der Waals surface area (Å²) in [7, 11) is 0. The second kappa shape index (κ2) is 4.32. The molecule has 0 aromatic carbocycles. The van der Waals surface area contributed by atoms with Gasteiger partial charge in [0.05, 0.1) is 0 Å². The van der Waals surface area contributed by atoms with Gasteiger partial charge in [-0.2, -0.15) is 0 Å². The lowest BCUT2D eigenvalue weighted by Gasteiger charge is -2.19. The third-order valence-corrected chi connectivity index (χ3v) is 2.36. The van der Waals surface area contributed by atoms with Gasteiger partial charge in [0.15, 0.2) is 0 Å². The van der Waals surface area contributed by atoms with Crippen molar-refractivity contribution in [2.24, 2.45) is 5.92 Å². The molecule has 0 heterocycles. The van der Waals surface area contributed by atoms with Crippen molar-refractivity contribution < 1.29 is 4.79 Å². The van der Waals surface area contributed by atoms with Crippen LogP contribution in [0.3, 0.4) is 0 Å². The van der Waals surface area contributed by atoms with E-state index < -0.39 is 0 Å². The second-order valence-electron chi connectivity index (χ2n) is 3.37. The molecule has 1 saturated carbocycles. The van der Waals surface area contributed by atoms with Crippen molar-refractivity contribution in [1.82, 2.24) is 0 Å². The van der Waals surface area contributed by atoms with E-state index in [2.05, 4.69) is 6.58 Å². The minimum absolute atomic E-state index is 0.463. The number of Topliss-reactive ketones (excluding diaryl/α,β-unsaturated/α-hetero) is 1. The third-order valence-electron chi connectivity index (χ3n) is 2.36. The standard InChI is InChI=1S/C10H16O/c1-2-3-5-9-6-4-7-10(11)8-9/h2,9H,1,3-8H2/t9-/m0/s1. The first-order chi connectivity index (χ1) is 5.33. The van der Waals surface area contributed by atoms with Gasteiger partial charge in [-0.25, -0.2) is 0 Å². The van der Waals surface area contributed by atoms with Crippen LogP contribution in [0.25, 0.3) is 0 Å². The lowest BCUT2D eigenvalue weighted by Crippen LogP contribution is -2.14. The molecule has 0 N–H and O–H groups in total. The van der Waals surface area contributed by atoms with Gasteiger partial charge in [-0.3, -0.25) is 4.79 Å². The number of hydrogen-bond donors (Lipinski definition) is 0. The zero-order valence-corrected chi connectivity index (χ0v) is 7.01. The Hall–Kier alpha value is -0.590. The van der Waals surface area contributed by atoms with E-state index in [1.807, 2.05) is 6.08 Å². The number of hydrogen-bond acceptors (Lipinski definition) is 1. The van der Waals surface area contributed by atoms with Crippen LogP contribution >= 0.6 is 0 Å². The zero-order chi connectivity index (χ0) is 8.10. The average molecular weight is 152 g/mol. The van der Waals surface area contributed by atoms with Crippen molar-refractivity contribution >= 4 is 5.78 Å². The highest BCUT2D eigenvalue weighted by molar-refractivity contribution is 5.79. The van der Waals surface area contributed by atoms with Crippen molar-refractivity contribution in [3.63, 3.8) is 0 Å². The Morgan fingerprint density at radius 1 is 1.64 bits per heavy atom. The Kier molecular flexibility index (Phi) is 3.34. The normalized spacial score (nSPS) is 25.1. The molecule has 11 heavy (non-hydrogen) atoms. The summed E-state index contributed by atoms with van der Waals surface area (Å²) < 4.78 is 0. The molecule has 0 aliphatic heterocycles. The molecule has 0 aromatic heterocycles. The Labute approximate surface area is 68.5 Å². The number of allylic oxidation sites excluding steroid dienone is 1. The van der Waals surface area contributed by atoms with Gasteiger partial charge in [0, 0.05) is 12.8 Å². The van der Waals surface area contributed by atoms with Crippen molar-refractivity contribution in [3.8, 4) is 0 Å². The largest absolute Gasteiger partial charge is 0.300 e. The van der Waals surface area contributed by atoms with E-state index >= 15 is 0 Å². The zero-order valence-electron chi connectivity index (χ0n) is 7.01. The summed E-state index contributed by atoms with van der Waals surface area (Å²) in [4.78, 5) is 11.0. The lowest BCUT2D eigenvalue weighted by molar-refractivity contribution is -0.121. The SMILES string of the molecule is C=CCC[C@H]1CCCC(=O)C1. The number of ketones is 1. The minimum atomic E-state index is 0.463. The van der Waals surface area contributed by atoms with Crippen LogP contribution in [0.2, 0.25) is 0 Å². The van der Waals surface area contributed by atoms with Crippen molar-refractivity contribution in [3.05, 3.63) is 12.7 Å². The third kappa shape index (κ3) is 2.87. The molecule has 0 spiro atoms. The first kappa shape index (κ1) is 8.51. The predicted octanol–water partition coefficient (Wildman–Crippen LogP) is 2.71. The highest BCUT2D eigenvalue weighted by atomic mass is 16.1. The van der Waals surface area contributed by atoms with Crippen LogP contribution in [-0.4, -0.2) is 5.78 Å². The fourth-order valence-corrected chi connectivity index (χ4v) is 1.71. The van der Waals surface area contributed by atoms with E-state index in [4.69, 9.17) is 0 Å². The summed E-state index contributed by atoms with van der Waals surface area (Å²) in [5.74, 6) is 1.12. The fraction of sp³-hybridized carbons (Fsp3) is 0.700. The molecule has 0 unspecified atom stereocenters. The van der Waals surface area contributed by atoms with Gasteiger partial charge in [0.1, 0.15) is 5.78 Å². The quantitative estimate of drug-likeness (QED) is 0.568. The smallest absolute Gasteiger partial charge is 0.133 e. The van der Waals surface area contributed by atoms with Crippen molar-refractivity contribution in [2.75, 3.05) is 0 Å². The van der Waals surface area contributed by atoms with Crippen LogP contribution in [0.5, 0.6) is 0 Å². The lowest BCUT2D eigenvalue weighted by atomic mass is 9.85. The Morgan fingerprint density at radius 3 is 3.09 bits per heavy atom. The Bertz CT molecular complexity index is 149. The highest BCUT2D eigenvalue weighted by Crippen LogP contribution is 2.25. The maximum absolute atomic E-state index is 11.0.